The fourth-order valence-corrected chi connectivity index (χ4v) is 3.09. The molecule has 2 N–H and O–H groups in total. The predicted molar refractivity (Wildman–Crippen MR) is 76.1 cm³/mol. The van der Waals surface area contributed by atoms with Gasteiger partial charge in [-0.15, -0.1) is 0 Å². The zero-order chi connectivity index (χ0) is 13.2. The fraction of sp³-hybridized carbons (Fsp3) is 0.533. The molecule has 0 amide bonds. The number of rotatable bonds is 3. The summed E-state index contributed by atoms with van der Waals surface area (Å²) in [5, 5.41) is 6.95. The van der Waals surface area contributed by atoms with Crippen molar-refractivity contribution >= 4 is 11.1 Å². The smallest absolute Gasteiger partial charge is 0.192 e. The number of fused-ring (bicyclic) bond motifs is 1. The summed E-state index contributed by atoms with van der Waals surface area (Å²) in [6.07, 6.45) is 2.53. The molecule has 2 heterocycles. The second-order valence-corrected chi connectivity index (χ2v) is 5.33. The van der Waals surface area contributed by atoms with Crippen molar-refractivity contribution in [1.29, 1.82) is 0 Å². The second-order valence-electron chi connectivity index (χ2n) is 5.33. The largest absolute Gasteiger partial charge is 0.441 e. The number of aromatic nitrogens is 1. The zero-order valence-electron chi connectivity index (χ0n) is 11.6. The van der Waals surface area contributed by atoms with E-state index in [1.54, 1.807) is 0 Å². The first-order chi connectivity index (χ1) is 9.28. The average Bonchev–Trinajstić information content (AvgIpc) is 2.80. The van der Waals surface area contributed by atoms with Gasteiger partial charge in [0.25, 0.3) is 0 Å². The van der Waals surface area contributed by atoms with Crippen LogP contribution in [0.15, 0.2) is 22.6 Å². The van der Waals surface area contributed by atoms with Gasteiger partial charge in [0.05, 0.1) is 0 Å². The van der Waals surface area contributed by atoms with Crippen molar-refractivity contribution in [3.63, 3.8) is 0 Å². The van der Waals surface area contributed by atoms with Crippen LogP contribution in [0.3, 0.4) is 0 Å². The van der Waals surface area contributed by atoms with E-state index in [-0.39, 0.29) is 0 Å². The molecule has 3 rings (SSSR count). The number of oxazole rings is 1. The van der Waals surface area contributed by atoms with Crippen LogP contribution >= 0.6 is 0 Å². The predicted octanol–water partition coefficient (Wildman–Crippen LogP) is 2.40. The van der Waals surface area contributed by atoms with Crippen LogP contribution in [0.1, 0.15) is 30.3 Å². The monoisotopic (exact) mass is 259 g/mol. The highest BCUT2D eigenvalue weighted by molar-refractivity contribution is 5.73. The van der Waals surface area contributed by atoms with E-state index >= 15 is 0 Å². The van der Waals surface area contributed by atoms with Crippen molar-refractivity contribution in [1.82, 2.24) is 15.6 Å². The highest BCUT2D eigenvalue weighted by atomic mass is 16.3. The summed E-state index contributed by atoms with van der Waals surface area (Å²) in [6.45, 7) is 4.12. The Morgan fingerprint density at radius 2 is 2.37 bits per heavy atom. The fourth-order valence-electron chi connectivity index (χ4n) is 3.09. The highest BCUT2D eigenvalue weighted by Crippen LogP contribution is 2.29. The normalized spacial score (nSPS) is 21.7. The standard InChI is InChI=1S/C15H21N3O/c1-10-18-13-8-11(5-6-14(13)19-10)15(16-2)12-4-3-7-17-9-12/h5-6,8,12,15-17H,3-4,7,9H2,1-2H3. The van der Waals surface area contributed by atoms with Crippen LogP contribution in [0.4, 0.5) is 0 Å². The van der Waals surface area contributed by atoms with Crippen LogP contribution in [0.5, 0.6) is 0 Å². The summed E-state index contributed by atoms with van der Waals surface area (Å²) in [4.78, 5) is 4.43. The Balaban J connectivity index is 1.91. The molecule has 1 aliphatic rings. The molecule has 1 aliphatic heterocycles. The minimum atomic E-state index is 0.384. The maximum atomic E-state index is 5.54. The van der Waals surface area contributed by atoms with Gasteiger partial charge in [-0.1, -0.05) is 6.07 Å². The number of aryl methyl sites for hydroxylation is 1. The van der Waals surface area contributed by atoms with Crippen LogP contribution in [0.2, 0.25) is 0 Å². The van der Waals surface area contributed by atoms with E-state index in [0.29, 0.717) is 12.0 Å². The van der Waals surface area contributed by atoms with Gasteiger partial charge in [0.2, 0.25) is 0 Å². The van der Waals surface area contributed by atoms with E-state index in [2.05, 4.69) is 27.8 Å². The summed E-state index contributed by atoms with van der Waals surface area (Å²) in [6, 6.07) is 6.73. The summed E-state index contributed by atoms with van der Waals surface area (Å²) < 4.78 is 5.54. The Bertz CT molecular complexity index is 558. The van der Waals surface area contributed by atoms with Crippen LogP contribution in [-0.4, -0.2) is 25.1 Å². The van der Waals surface area contributed by atoms with E-state index < -0.39 is 0 Å². The first-order valence-electron chi connectivity index (χ1n) is 7.03. The van der Waals surface area contributed by atoms with Gasteiger partial charge in [-0.2, -0.15) is 0 Å². The Hall–Kier alpha value is -1.39. The molecule has 2 unspecified atom stereocenters. The van der Waals surface area contributed by atoms with Crippen LogP contribution in [-0.2, 0) is 0 Å². The molecule has 1 aromatic carbocycles. The first kappa shape index (κ1) is 12.6. The lowest BCUT2D eigenvalue weighted by Crippen LogP contribution is -2.37. The molecule has 2 atom stereocenters. The Kier molecular flexibility index (Phi) is 3.53. The van der Waals surface area contributed by atoms with Crippen LogP contribution < -0.4 is 10.6 Å². The number of piperidine rings is 1. The highest BCUT2D eigenvalue weighted by Gasteiger charge is 2.24. The Labute approximate surface area is 113 Å². The second kappa shape index (κ2) is 5.31. The lowest BCUT2D eigenvalue weighted by molar-refractivity contribution is 0.298. The summed E-state index contributed by atoms with van der Waals surface area (Å²) >= 11 is 0. The molecule has 0 saturated carbocycles. The van der Waals surface area contributed by atoms with Gasteiger partial charge >= 0.3 is 0 Å². The molecule has 0 bridgehead atoms. The Morgan fingerprint density at radius 1 is 1.47 bits per heavy atom. The van der Waals surface area contributed by atoms with E-state index in [9.17, 15) is 0 Å². The number of nitrogens with one attached hydrogen (secondary N) is 2. The van der Waals surface area contributed by atoms with Gasteiger partial charge in [0, 0.05) is 13.0 Å². The average molecular weight is 259 g/mol. The molecule has 0 radical (unpaired) electrons. The minimum absolute atomic E-state index is 0.384. The van der Waals surface area contributed by atoms with Crippen molar-refractivity contribution in [3.8, 4) is 0 Å². The molecule has 0 spiro atoms. The summed E-state index contributed by atoms with van der Waals surface area (Å²) in [5.41, 5.74) is 3.13. The van der Waals surface area contributed by atoms with Gasteiger partial charge < -0.3 is 15.1 Å². The molecular weight excluding hydrogens is 238 g/mol. The first-order valence-corrected chi connectivity index (χ1v) is 7.03. The van der Waals surface area contributed by atoms with Crippen molar-refractivity contribution in [2.24, 2.45) is 5.92 Å². The molecule has 1 saturated heterocycles. The molecule has 102 valence electrons. The molecular formula is C15H21N3O. The number of hydrogen-bond acceptors (Lipinski definition) is 4. The van der Waals surface area contributed by atoms with Crippen molar-refractivity contribution in [2.45, 2.75) is 25.8 Å². The molecule has 4 nitrogen and oxygen atoms in total. The SMILES string of the molecule is CNC(c1ccc2oc(C)nc2c1)C1CCCNC1. The minimum Gasteiger partial charge on any atom is -0.441 e. The van der Waals surface area contributed by atoms with E-state index in [4.69, 9.17) is 4.42 Å². The zero-order valence-corrected chi connectivity index (χ0v) is 11.6. The Morgan fingerprint density at radius 3 is 3.11 bits per heavy atom. The van der Waals surface area contributed by atoms with Crippen molar-refractivity contribution in [3.05, 3.63) is 29.7 Å². The summed E-state index contributed by atoms with van der Waals surface area (Å²) in [5.74, 6) is 1.37. The lowest BCUT2D eigenvalue weighted by atomic mass is 9.87. The van der Waals surface area contributed by atoms with Crippen molar-refractivity contribution in [2.75, 3.05) is 20.1 Å². The van der Waals surface area contributed by atoms with Gasteiger partial charge in [0.1, 0.15) is 5.52 Å². The number of benzene rings is 1. The van der Waals surface area contributed by atoms with Gasteiger partial charge in [0.15, 0.2) is 11.5 Å². The van der Waals surface area contributed by atoms with Crippen LogP contribution in [0, 0.1) is 12.8 Å². The molecule has 2 aromatic rings. The number of nitrogens with zero attached hydrogens (tertiary/aromatic N) is 1. The van der Waals surface area contributed by atoms with Gasteiger partial charge in [-0.25, -0.2) is 4.98 Å². The quantitative estimate of drug-likeness (QED) is 0.888. The lowest BCUT2D eigenvalue weighted by Gasteiger charge is -2.30. The molecule has 1 fully saturated rings. The molecule has 1 aromatic heterocycles. The van der Waals surface area contributed by atoms with Crippen LogP contribution in [0.25, 0.3) is 11.1 Å². The molecule has 0 aliphatic carbocycles. The van der Waals surface area contributed by atoms with Gasteiger partial charge in [-0.05, 0) is 56.6 Å². The van der Waals surface area contributed by atoms with E-state index in [0.717, 1.165) is 30.1 Å². The van der Waals surface area contributed by atoms with E-state index in [1.807, 2.05) is 20.0 Å². The van der Waals surface area contributed by atoms with E-state index in [1.165, 1.54) is 18.4 Å². The third kappa shape index (κ3) is 2.51. The maximum Gasteiger partial charge on any atom is 0.192 e. The summed E-state index contributed by atoms with van der Waals surface area (Å²) in [7, 11) is 2.04. The third-order valence-corrected chi connectivity index (χ3v) is 4.00. The van der Waals surface area contributed by atoms with Crippen molar-refractivity contribution < 1.29 is 4.42 Å². The molecule has 4 heteroatoms. The number of hydrogen-bond donors (Lipinski definition) is 2. The third-order valence-electron chi connectivity index (χ3n) is 4.00. The topological polar surface area (TPSA) is 50.1 Å². The molecule has 19 heavy (non-hydrogen) atoms. The van der Waals surface area contributed by atoms with Gasteiger partial charge in [-0.3, -0.25) is 0 Å². The maximum absolute atomic E-state index is 5.54.